The van der Waals surface area contributed by atoms with Gasteiger partial charge in [0.25, 0.3) is 0 Å². The second-order valence-corrected chi connectivity index (χ2v) is 7.34. The Bertz CT molecular complexity index is 577. The maximum Gasteiger partial charge on any atom is 0.303 e. The lowest BCUT2D eigenvalue weighted by Gasteiger charge is -2.41. The van der Waals surface area contributed by atoms with E-state index in [9.17, 15) is 14.4 Å². The molecule has 0 aliphatic carbocycles. The monoisotopic (exact) mass is 373 g/mol. The zero-order chi connectivity index (χ0) is 18.7. The third kappa shape index (κ3) is 4.94. The summed E-state index contributed by atoms with van der Waals surface area (Å²) in [5.41, 5.74) is -0.394. The van der Waals surface area contributed by atoms with Crippen molar-refractivity contribution in [2.45, 2.75) is 64.4 Å². The fraction of sp³-hybridized carbons (Fsp3) is 0.750. The number of aliphatic imine (C=N–C) groups is 1. The van der Waals surface area contributed by atoms with Crippen LogP contribution in [0, 0.1) is 5.92 Å². The fourth-order valence-corrected chi connectivity index (χ4v) is 3.95. The molecule has 5 atom stereocenters. The molecule has 0 bridgehead atoms. The summed E-state index contributed by atoms with van der Waals surface area (Å²) in [5.74, 6) is -1.34. The molecule has 0 aromatic rings. The molecule has 0 aromatic heterocycles. The van der Waals surface area contributed by atoms with Gasteiger partial charge >= 0.3 is 17.9 Å². The summed E-state index contributed by atoms with van der Waals surface area (Å²) in [6.45, 7) is 7.72. The Morgan fingerprint density at radius 2 is 1.68 bits per heavy atom. The maximum absolute atomic E-state index is 11.6. The van der Waals surface area contributed by atoms with E-state index in [1.807, 2.05) is 13.8 Å². The zero-order valence-corrected chi connectivity index (χ0v) is 15.7. The molecule has 0 spiro atoms. The number of thioether (sulfide) groups is 1. The Labute approximate surface area is 150 Å². The van der Waals surface area contributed by atoms with Gasteiger partial charge in [0.15, 0.2) is 12.2 Å². The molecule has 2 heterocycles. The summed E-state index contributed by atoms with van der Waals surface area (Å²) in [6, 6.07) is -0.482. The van der Waals surface area contributed by atoms with Crippen LogP contribution in [0.15, 0.2) is 4.99 Å². The minimum absolute atomic E-state index is 0.105. The van der Waals surface area contributed by atoms with E-state index in [2.05, 4.69) is 4.99 Å². The molecular formula is C16H23NO7S. The average Bonchev–Trinajstić information content (AvgIpc) is 2.91. The molecule has 2 aliphatic rings. The molecule has 2 rings (SSSR count). The first kappa shape index (κ1) is 19.7. The summed E-state index contributed by atoms with van der Waals surface area (Å²) in [4.78, 5) is 38.9. The molecule has 2 aliphatic heterocycles. The molecule has 0 amide bonds. The quantitative estimate of drug-likeness (QED) is 0.525. The van der Waals surface area contributed by atoms with Gasteiger partial charge in [0, 0.05) is 26.7 Å². The van der Waals surface area contributed by atoms with E-state index in [-0.39, 0.29) is 12.5 Å². The van der Waals surface area contributed by atoms with Crippen LogP contribution in [0.2, 0.25) is 0 Å². The minimum atomic E-state index is -0.905. The van der Waals surface area contributed by atoms with E-state index in [1.165, 1.54) is 32.5 Å². The number of fused-ring (bicyclic) bond motifs is 1. The van der Waals surface area contributed by atoms with Crippen molar-refractivity contribution in [1.82, 2.24) is 0 Å². The molecule has 1 fully saturated rings. The molecular weight excluding hydrogens is 350 g/mol. The number of rotatable bonds is 5. The van der Waals surface area contributed by atoms with E-state index in [0.717, 1.165) is 5.04 Å². The van der Waals surface area contributed by atoms with Crippen molar-refractivity contribution < 1.29 is 33.3 Å². The highest BCUT2D eigenvalue weighted by molar-refractivity contribution is 8.14. The number of ether oxygens (including phenoxy) is 4. The number of hydrogen-bond donors (Lipinski definition) is 0. The van der Waals surface area contributed by atoms with Gasteiger partial charge in [-0.2, -0.15) is 0 Å². The molecule has 2 unspecified atom stereocenters. The predicted molar refractivity (Wildman–Crippen MR) is 90.1 cm³/mol. The second kappa shape index (κ2) is 8.18. The van der Waals surface area contributed by atoms with Crippen molar-refractivity contribution in [2.75, 3.05) is 6.61 Å². The summed E-state index contributed by atoms with van der Waals surface area (Å²) in [6.07, 6.45) is -2.45. The third-order valence-corrected chi connectivity index (χ3v) is 5.12. The Hall–Kier alpha value is -1.61. The van der Waals surface area contributed by atoms with Crippen molar-refractivity contribution in [3.05, 3.63) is 0 Å². The summed E-state index contributed by atoms with van der Waals surface area (Å²) >= 11 is 1.45. The molecule has 9 heteroatoms. The fourth-order valence-electron chi connectivity index (χ4n) is 2.70. The van der Waals surface area contributed by atoms with Gasteiger partial charge in [0.05, 0.1) is 5.04 Å². The molecule has 140 valence electrons. The first-order valence-corrected chi connectivity index (χ1v) is 8.94. The third-order valence-electron chi connectivity index (χ3n) is 3.68. The standard InChI is InChI=1S/C16H23NO7S/c1-7(2)15-17-12-14(23-10(5)20)13(22-9(4)19)11(6-21-8(3)18)24-16(12)25-15/h7,11-14,16H,6H2,1-5H3/t11-,12?,13-,14-,16?/m1/s1. The number of hydrogen-bond acceptors (Lipinski definition) is 9. The van der Waals surface area contributed by atoms with Crippen molar-refractivity contribution >= 4 is 34.7 Å². The van der Waals surface area contributed by atoms with Crippen LogP contribution in [0.25, 0.3) is 0 Å². The highest BCUT2D eigenvalue weighted by Gasteiger charge is 2.53. The minimum Gasteiger partial charge on any atom is -0.463 e. The molecule has 1 saturated heterocycles. The maximum atomic E-state index is 11.6. The first-order chi connectivity index (χ1) is 11.7. The highest BCUT2D eigenvalue weighted by atomic mass is 32.2. The SMILES string of the molecule is CC(=O)OC[C@H]1OC2SC(C(C)C)=NC2[C@@H](OC(C)=O)[C@@H]1OC(C)=O. The van der Waals surface area contributed by atoms with Gasteiger partial charge in [-0.05, 0) is 0 Å². The van der Waals surface area contributed by atoms with Crippen LogP contribution in [0.3, 0.4) is 0 Å². The van der Waals surface area contributed by atoms with Crippen LogP contribution in [0.1, 0.15) is 34.6 Å². The smallest absolute Gasteiger partial charge is 0.303 e. The van der Waals surface area contributed by atoms with Crippen LogP contribution in [0.5, 0.6) is 0 Å². The number of esters is 3. The molecule has 0 radical (unpaired) electrons. The van der Waals surface area contributed by atoms with Crippen LogP contribution >= 0.6 is 11.8 Å². The van der Waals surface area contributed by atoms with Gasteiger partial charge < -0.3 is 18.9 Å². The zero-order valence-electron chi connectivity index (χ0n) is 14.9. The average molecular weight is 373 g/mol. The second-order valence-electron chi connectivity index (χ2n) is 6.22. The van der Waals surface area contributed by atoms with Crippen molar-refractivity contribution in [3.63, 3.8) is 0 Å². The van der Waals surface area contributed by atoms with Gasteiger partial charge in [-0.3, -0.25) is 19.4 Å². The van der Waals surface area contributed by atoms with Crippen LogP contribution in [-0.4, -0.2) is 59.3 Å². The lowest BCUT2D eigenvalue weighted by atomic mass is 9.97. The van der Waals surface area contributed by atoms with Gasteiger partial charge in [0.1, 0.15) is 24.2 Å². The number of carbonyl (C=O) groups excluding carboxylic acids is 3. The van der Waals surface area contributed by atoms with Gasteiger partial charge in [-0.25, -0.2) is 0 Å². The number of carbonyl (C=O) groups is 3. The summed E-state index contributed by atoms with van der Waals surface area (Å²) in [7, 11) is 0. The van der Waals surface area contributed by atoms with E-state index >= 15 is 0 Å². The molecule has 8 nitrogen and oxygen atoms in total. The van der Waals surface area contributed by atoms with Crippen LogP contribution < -0.4 is 0 Å². The highest BCUT2D eigenvalue weighted by Crippen LogP contribution is 2.40. The topological polar surface area (TPSA) is 100 Å². The van der Waals surface area contributed by atoms with E-state index in [4.69, 9.17) is 18.9 Å². The normalized spacial score (nSPS) is 31.1. The number of nitrogens with zero attached hydrogens (tertiary/aromatic N) is 1. The predicted octanol–water partition coefficient (Wildman–Crippen LogP) is 1.31. The Morgan fingerprint density at radius 1 is 1.08 bits per heavy atom. The molecule has 0 aromatic carbocycles. The Balaban J connectivity index is 2.30. The molecule has 25 heavy (non-hydrogen) atoms. The van der Waals surface area contributed by atoms with E-state index in [0.29, 0.717) is 0 Å². The summed E-state index contributed by atoms with van der Waals surface area (Å²) < 4.78 is 21.8. The lowest BCUT2D eigenvalue weighted by molar-refractivity contribution is -0.208. The van der Waals surface area contributed by atoms with Crippen molar-refractivity contribution in [3.8, 4) is 0 Å². The summed E-state index contributed by atoms with van der Waals surface area (Å²) in [5, 5.41) is 0.877. The lowest BCUT2D eigenvalue weighted by Crippen LogP contribution is -2.59. The van der Waals surface area contributed by atoms with Crippen molar-refractivity contribution in [2.24, 2.45) is 10.9 Å². The first-order valence-electron chi connectivity index (χ1n) is 8.06. The largest absolute Gasteiger partial charge is 0.463 e. The van der Waals surface area contributed by atoms with E-state index < -0.39 is 47.7 Å². The Kier molecular flexibility index (Phi) is 6.45. The Morgan fingerprint density at radius 3 is 2.20 bits per heavy atom. The van der Waals surface area contributed by atoms with Gasteiger partial charge in [-0.1, -0.05) is 25.6 Å². The van der Waals surface area contributed by atoms with Crippen LogP contribution in [-0.2, 0) is 33.3 Å². The molecule has 0 saturated carbocycles. The van der Waals surface area contributed by atoms with Crippen LogP contribution in [0.4, 0.5) is 0 Å². The van der Waals surface area contributed by atoms with Gasteiger partial charge in [0.2, 0.25) is 0 Å². The molecule has 0 N–H and O–H groups in total. The van der Waals surface area contributed by atoms with E-state index in [1.54, 1.807) is 0 Å². The van der Waals surface area contributed by atoms with Crippen molar-refractivity contribution in [1.29, 1.82) is 0 Å². The van der Waals surface area contributed by atoms with Gasteiger partial charge in [-0.15, -0.1) is 0 Å².